The van der Waals surface area contributed by atoms with Crippen molar-refractivity contribution < 1.29 is 19.2 Å². The van der Waals surface area contributed by atoms with Crippen LogP contribution in [0.2, 0.25) is 0 Å². The summed E-state index contributed by atoms with van der Waals surface area (Å²) in [4.78, 5) is 12.1. The predicted octanol–water partition coefficient (Wildman–Crippen LogP) is 0.0575. The van der Waals surface area contributed by atoms with E-state index in [1.807, 2.05) is 19.9 Å². The Morgan fingerprint density at radius 1 is 1.53 bits per heavy atom. The van der Waals surface area contributed by atoms with E-state index in [-0.39, 0.29) is 18.1 Å². The number of carbonyl (C=O) groups is 1. The summed E-state index contributed by atoms with van der Waals surface area (Å²) >= 11 is 0. The van der Waals surface area contributed by atoms with Gasteiger partial charge in [-0.15, -0.1) is 0 Å². The lowest BCUT2D eigenvalue weighted by Gasteiger charge is -2.20. The predicted molar refractivity (Wildman–Crippen MR) is 72.2 cm³/mol. The van der Waals surface area contributed by atoms with Gasteiger partial charge in [0, 0.05) is 12.7 Å². The van der Waals surface area contributed by atoms with Gasteiger partial charge in [-0.2, -0.15) is 0 Å². The van der Waals surface area contributed by atoms with Crippen LogP contribution in [-0.4, -0.2) is 37.3 Å². The number of amides is 1. The molecule has 0 saturated carbocycles. The molecule has 1 unspecified atom stereocenters. The Kier molecular flexibility index (Phi) is 4.24. The summed E-state index contributed by atoms with van der Waals surface area (Å²) in [6, 6.07) is 5.13. The molecule has 1 amide bonds. The highest BCUT2D eigenvalue weighted by Gasteiger charge is 2.28. The minimum Gasteiger partial charge on any atom is -0.423 e. The molecule has 19 heavy (non-hydrogen) atoms. The molecule has 0 spiro atoms. The third kappa shape index (κ3) is 2.97. The third-order valence-corrected chi connectivity index (χ3v) is 3.51. The van der Waals surface area contributed by atoms with Crippen molar-refractivity contribution in [2.75, 3.05) is 7.11 Å². The molecule has 0 bridgehead atoms. The number of methoxy groups -OCH3 is 1. The van der Waals surface area contributed by atoms with Crippen molar-refractivity contribution in [3.63, 3.8) is 0 Å². The maximum Gasteiger partial charge on any atom is 0.491 e. The second-order valence-electron chi connectivity index (χ2n) is 4.78. The molecular formula is C13H18BNO4. The Labute approximate surface area is 113 Å². The van der Waals surface area contributed by atoms with Gasteiger partial charge < -0.3 is 19.7 Å². The average molecular weight is 263 g/mol. The van der Waals surface area contributed by atoms with Crippen LogP contribution in [0.4, 0.5) is 0 Å². The molecule has 0 aromatic heterocycles. The Bertz CT molecular complexity index is 480. The fraction of sp³-hybridized carbons (Fsp3) is 0.462. The molecule has 0 fully saturated rings. The summed E-state index contributed by atoms with van der Waals surface area (Å²) in [7, 11) is 0.675. The molecule has 1 aromatic carbocycles. The zero-order valence-electron chi connectivity index (χ0n) is 11.3. The molecule has 102 valence electrons. The highest BCUT2D eigenvalue weighted by molar-refractivity contribution is 6.61. The van der Waals surface area contributed by atoms with Gasteiger partial charge in [0.1, 0.15) is 0 Å². The standard InChI is InChI=1S/C13H18BNO4/c1-8(9(2)18-3)15-13(16)10-4-5-11-7-19-14(17)12(11)6-10/h4-6,8-9,17H,7H2,1-3H3,(H,15,16)/t8-,9?/m0/s1. The van der Waals surface area contributed by atoms with Crippen molar-refractivity contribution in [1.82, 2.24) is 5.32 Å². The Morgan fingerprint density at radius 3 is 2.95 bits per heavy atom. The Hall–Kier alpha value is -1.37. The van der Waals surface area contributed by atoms with Crippen LogP contribution in [0.15, 0.2) is 18.2 Å². The van der Waals surface area contributed by atoms with Crippen LogP contribution in [0.3, 0.4) is 0 Å². The van der Waals surface area contributed by atoms with Gasteiger partial charge in [-0.1, -0.05) is 6.07 Å². The summed E-state index contributed by atoms with van der Waals surface area (Å²) < 4.78 is 10.3. The SMILES string of the molecule is COC(C)[C@H](C)NC(=O)c1ccc2c(c1)B(O)OC2. The van der Waals surface area contributed by atoms with E-state index in [0.29, 0.717) is 17.6 Å². The van der Waals surface area contributed by atoms with E-state index in [4.69, 9.17) is 9.39 Å². The van der Waals surface area contributed by atoms with E-state index in [1.54, 1.807) is 19.2 Å². The van der Waals surface area contributed by atoms with Crippen molar-refractivity contribution in [2.24, 2.45) is 0 Å². The number of fused-ring (bicyclic) bond motifs is 1. The molecule has 0 aliphatic carbocycles. The largest absolute Gasteiger partial charge is 0.491 e. The second kappa shape index (κ2) is 5.73. The minimum absolute atomic E-state index is 0.0627. The van der Waals surface area contributed by atoms with E-state index in [2.05, 4.69) is 5.32 Å². The smallest absolute Gasteiger partial charge is 0.423 e. The maximum atomic E-state index is 12.1. The summed E-state index contributed by atoms with van der Waals surface area (Å²) in [5, 5.41) is 12.5. The monoisotopic (exact) mass is 263 g/mol. The minimum atomic E-state index is -0.932. The van der Waals surface area contributed by atoms with Crippen LogP contribution in [0.25, 0.3) is 0 Å². The van der Waals surface area contributed by atoms with Crippen molar-refractivity contribution in [2.45, 2.75) is 32.6 Å². The highest BCUT2D eigenvalue weighted by Crippen LogP contribution is 2.11. The number of hydrogen-bond donors (Lipinski definition) is 2. The van der Waals surface area contributed by atoms with Crippen LogP contribution < -0.4 is 10.8 Å². The van der Waals surface area contributed by atoms with Crippen LogP contribution in [0.5, 0.6) is 0 Å². The summed E-state index contributed by atoms with van der Waals surface area (Å²) in [5.74, 6) is -0.182. The fourth-order valence-corrected chi connectivity index (χ4v) is 1.97. The normalized spacial score (nSPS) is 16.9. The van der Waals surface area contributed by atoms with Gasteiger partial charge in [-0.25, -0.2) is 0 Å². The molecule has 1 heterocycles. The lowest BCUT2D eigenvalue weighted by Crippen LogP contribution is -2.41. The first-order valence-electron chi connectivity index (χ1n) is 6.29. The van der Waals surface area contributed by atoms with Crippen LogP contribution in [0.1, 0.15) is 29.8 Å². The Balaban J connectivity index is 2.10. The van der Waals surface area contributed by atoms with Gasteiger partial charge in [0.2, 0.25) is 0 Å². The lowest BCUT2D eigenvalue weighted by molar-refractivity contribution is 0.0735. The second-order valence-corrected chi connectivity index (χ2v) is 4.78. The van der Waals surface area contributed by atoms with Gasteiger partial charge >= 0.3 is 7.12 Å². The number of nitrogens with one attached hydrogen (secondary N) is 1. The molecule has 0 saturated heterocycles. The van der Waals surface area contributed by atoms with Crippen molar-refractivity contribution in [3.05, 3.63) is 29.3 Å². The lowest BCUT2D eigenvalue weighted by atomic mass is 9.79. The number of carbonyl (C=O) groups excluding carboxylic acids is 1. The summed E-state index contributed by atoms with van der Waals surface area (Å²) in [5.41, 5.74) is 2.10. The van der Waals surface area contributed by atoms with Crippen molar-refractivity contribution in [1.29, 1.82) is 0 Å². The van der Waals surface area contributed by atoms with Crippen molar-refractivity contribution in [3.8, 4) is 0 Å². The first-order chi connectivity index (χ1) is 9.02. The van der Waals surface area contributed by atoms with Gasteiger partial charge in [-0.3, -0.25) is 4.79 Å². The topological polar surface area (TPSA) is 67.8 Å². The summed E-state index contributed by atoms with van der Waals surface area (Å²) in [6.07, 6.45) is -0.0627. The maximum absolute atomic E-state index is 12.1. The average Bonchev–Trinajstić information content (AvgIpc) is 2.78. The zero-order chi connectivity index (χ0) is 14.0. The van der Waals surface area contributed by atoms with E-state index >= 15 is 0 Å². The molecule has 2 atom stereocenters. The molecule has 0 radical (unpaired) electrons. The molecule has 2 rings (SSSR count). The number of hydrogen-bond acceptors (Lipinski definition) is 4. The number of benzene rings is 1. The first kappa shape index (κ1) is 14.1. The van der Waals surface area contributed by atoms with Crippen LogP contribution >= 0.6 is 0 Å². The Morgan fingerprint density at radius 2 is 2.26 bits per heavy atom. The van der Waals surface area contributed by atoms with Crippen LogP contribution in [-0.2, 0) is 16.0 Å². The van der Waals surface area contributed by atoms with Gasteiger partial charge in [0.05, 0.1) is 18.8 Å². The molecule has 1 aliphatic rings. The third-order valence-electron chi connectivity index (χ3n) is 3.51. The first-order valence-corrected chi connectivity index (χ1v) is 6.29. The van der Waals surface area contributed by atoms with Gasteiger partial charge in [0.15, 0.2) is 0 Å². The van der Waals surface area contributed by atoms with Gasteiger partial charge in [0.25, 0.3) is 5.91 Å². The van der Waals surface area contributed by atoms with E-state index in [9.17, 15) is 9.82 Å². The zero-order valence-corrected chi connectivity index (χ0v) is 11.3. The highest BCUT2D eigenvalue weighted by atomic mass is 16.5. The quantitative estimate of drug-likeness (QED) is 0.754. The van der Waals surface area contributed by atoms with Crippen molar-refractivity contribution >= 4 is 18.5 Å². The van der Waals surface area contributed by atoms with E-state index in [1.165, 1.54) is 0 Å². The molecule has 5 nitrogen and oxygen atoms in total. The number of ether oxygens (including phenoxy) is 1. The van der Waals surface area contributed by atoms with Gasteiger partial charge in [-0.05, 0) is 37.0 Å². The molecule has 1 aromatic rings. The van der Waals surface area contributed by atoms with Crippen LogP contribution in [0, 0.1) is 0 Å². The summed E-state index contributed by atoms with van der Waals surface area (Å²) in [6.45, 7) is 4.16. The molecule has 1 aliphatic heterocycles. The van der Waals surface area contributed by atoms with E-state index in [0.717, 1.165) is 5.56 Å². The molecule has 2 N–H and O–H groups in total. The number of rotatable bonds is 4. The molecular weight excluding hydrogens is 245 g/mol. The molecule has 6 heteroatoms. The fourth-order valence-electron chi connectivity index (χ4n) is 1.97. The van der Waals surface area contributed by atoms with E-state index < -0.39 is 7.12 Å².